The maximum atomic E-state index is 12.4. The van der Waals surface area contributed by atoms with E-state index in [0.29, 0.717) is 17.3 Å². The fourth-order valence-corrected chi connectivity index (χ4v) is 3.53. The van der Waals surface area contributed by atoms with Crippen molar-refractivity contribution in [2.24, 2.45) is 0 Å². The van der Waals surface area contributed by atoms with Gasteiger partial charge in [0.1, 0.15) is 12.4 Å². The zero-order chi connectivity index (χ0) is 19.3. The smallest absolute Gasteiger partial charge is 0.257 e. The Morgan fingerprint density at radius 3 is 2.46 bits per heavy atom. The minimum absolute atomic E-state index is 0.193. The second kappa shape index (κ2) is 8.23. The van der Waals surface area contributed by atoms with E-state index >= 15 is 0 Å². The predicted molar refractivity (Wildman–Crippen MR) is 115 cm³/mol. The minimum Gasteiger partial charge on any atom is -0.489 e. The molecule has 1 amide bonds. The summed E-state index contributed by atoms with van der Waals surface area (Å²) in [6, 6.07) is 25.2. The third-order valence-corrected chi connectivity index (χ3v) is 5.02. The molecule has 1 aliphatic heterocycles. The molecule has 0 bridgehead atoms. The standard InChI is InChI=1S/C23H20N2O2S/c26-22(18-9-5-2-6-10-18)24-23(28)25-14-13-19-15-20(11-12-21(19)25)27-16-17-7-3-1-4-8-17/h1-12,15H,13-14,16H2,(H,24,26,28). The fraction of sp³-hybridized carbons (Fsp3) is 0.130. The predicted octanol–water partition coefficient (Wildman–Crippen LogP) is 4.34. The Hall–Kier alpha value is -3.18. The van der Waals surface area contributed by atoms with Gasteiger partial charge in [0, 0.05) is 17.8 Å². The van der Waals surface area contributed by atoms with E-state index in [2.05, 4.69) is 11.4 Å². The van der Waals surface area contributed by atoms with E-state index in [1.807, 2.05) is 65.6 Å². The van der Waals surface area contributed by atoms with Gasteiger partial charge in [0.05, 0.1) is 0 Å². The summed E-state index contributed by atoms with van der Waals surface area (Å²) in [4.78, 5) is 14.3. The maximum Gasteiger partial charge on any atom is 0.257 e. The molecule has 0 atom stereocenters. The third-order valence-electron chi connectivity index (χ3n) is 4.70. The zero-order valence-corrected chi connectivity index (χ0v) is 16.1. The molecular weight excluding hydrogens is 368 g/mol. The lowest BCUT2D eigenvalue weighted by molar-refractivity contribution is 0.0977. The zero-order valence-electron chi connectivity index (χ0n) is 15.3. The van der Waals surface area contributed by atoms with Crippen LogP contribution in [0.3, 0.4) is 0 Å². The first-order valence-electron chi connectivity index (χ1n) is 9.18. The van der Waals surface area contributed by atoms with Crippen molar-refractivity contribution in [3.8, 4) is 5.75 Å². The van der Waals surface area contributed by atoms with Gasteiger partial charge in [0.2, 0.25) is 0 Å². The minimum atomic E-state index is -0.193. The van der Waals surface area contributed by atoms with Gasteiger partial charge in [-0.3, -0.25) is 10.1 Å². The molecule has 1 N–H and O–H groups in total. The lowest BCUT2D eigenvalue weighted by atomic mass is 10.1. The number of carbonyl (C=O) groups is 1. The van der Waals surface area contributed by atoms with Crippen LogP contribution in [0, 0.1) is 0 Å². The van der Waals surface area contributed by atoms with Crippen LogP contribution in [0.1, 0.15) is 21.5 Å². The van der Waals surface area contributed by atoms with Crippen LogP contribution in [-0.2, 0) is 13.0 Å². The maximum absolute atomic E-state index is 12.4. The molecule has 0 fully saturated rings. The monoisotopic (exact) mass is 388 g/mol. The van der Waals surface area contributed by atoms with Crippen molar-refractivity contribution >= 4 is 28.9 Å². The molecular formula is C23H20N2O2S. The number of thiocarbonyl (C=S) groups is 1. The molecule has 0 spiro atoms. The number of nitrogens with one attached hydrogen (secondary N) is 1. The van der Waals surface area contributed by atoms with Crippen LogP contribution in [0.2, 0.25) is 0 Å². The molecule has 0 unspecified atom stereocenters. The van der Waals surface area contributed by atoms with Crippen molar-refractivity contribution in [2.75, 3.05) is 11.4 Å². The van der Waals surface area contributed by atoms with Crippen molar-refractivity contribution in [3.63, 3.8) is 0 Å². The van der Waals surface area contributed by atoms with Crippen LogP contribution in [0.4, 0.5) is 5.69 Å². The normalized spacial score (nSPS) is 12.4. The van der Waals surface area contributed by atoms with Crippen molar-refractivity contribution in [3.05, 3.63) is 95.6 Å². The van der Waals surface area contributed by atoms with Crippen LogP contribution in [0.5, 0.6) is 5.75 Å². The number of fused-ring (bicyclic) bond motifs is 1. The first-order valence-corrected chi connectivity index (χ1v) is 9.59. The lowest BCUT2D eigenvalue weighted by Crippen LogP contribution is -2.41. The van der Waals surface area contributed by atoms with E-state index in [1.165, 1.54) is 5.56 Å². The number of rotatable bonds is 4. The van der Waals surface area contributed by atoms with Crippen LogP contribution in [-0.4, -0.2) is 17.6 Å². The van der Waals surface area contributed by atoms with Gasteiger partial charge in [-0.25, -0.2) is 0 Å². The second-order valence-corrected chi connectivity index (χ2v) is 6.98. The van der Waals surface area contributed by atoms with Gasteiger partial charge in [-0.05, 0) is 60.1 Å². The molecule has 3 aromatic carbocycles. The van der Waals surface area contributed by atoms with E-state index in [4.69, 9.17) is 17.0 Å². The van der Waals surface area contributed by atoms with Crippen LogP contribution >= 0.6 is 12.2 Å². The van der Waals surface area contributed by atoms with Gasteiger partial charge in [0.15, 0.2) is 5.11 Å². The molecule has 0 saturated carbocycles. The molecule has 0 radical (unpaired) electrons. The van der Waals surface area contributed by atoms with Crippen molar-refractivity contribution in [2.45, 2.75) is 13.0 Å². The number of hydrogen-bond donors (Lipinski definition) is 1. The van der Waals surface area contributed by atoms with Crippen LogP contribution < -0.4 is 15.0 Å². The third kappa shape index (κ3) is 4.05. The summed E-state index contributed by atoms with van der Waals surface area (Å²) in [5, 5.41) is 3.25. The highest BCUT2D eigenvalue weighted by molar-refractivity contribution is 7.80. The molecule has 5 heteroatoms. The topological polar surface area (TPSA) is 41.6 Å². The lowest BCUT2D eigenvalue weighted by Gasteiger charge is -2.21. The molecule has 1 aliphatic rings. The van der Waals surface area contributed by atoms with Crippen molar-refractivity contribution < 1.29 is 9.53 Å². The molecule has 1 heterocycles. The summed E-state index contributed by atoms with van der Waals surface area (Å²) in [6.45, 7) is 1.28. The summed E-state index contributed by atoms with van der Waals surface area (Å²) in [5.41, 5.74) is 3.91. The van der Waals surface area contributed by atoms with Gasteiger partial charge in [0.25, 0.3) is 5.91 Å². The Morgan fingerprint density at radius 1 is 1.00 bits per heavy atom. The summed E-state index contributed by atoms with van der Waals surface area (Å²) in [6.07, 6.45) is 0.860. The van der Waals surface area contributed by atoms with E-state index in [1.54, 1.807) is 12.1 Å². The SMILES string of the molecule is O=C(NC(=S)N1CCc2cc(OCc3ccccc3)ccc21)c1ccccc1. The van der Waals surface area contributed by atoms with Gasteiger partial charge >= 0.3 is 0 Å². The summed E-state index contributed by atoms with van der Waals surface area (Å²) < 4.78 is 5.91. The number of benzene rings is 3. The molecule has 4 rings (SSSR count). The Balaban J connectivity index is 1.41. The van der Waals surface area contributed by atoms with Gasteiger partial charge in [-0.15, -0.1) is 0 Å². The Bertz CT molecular complexity index is 990. The average molecular weight is 388 g/mol. The molecule has 0 aromatic heterocycles. The quantitative estimate of drug-likeness (QED) is 0.675. The van der Waals surface area contributed by atoms with E-state index in [9.17, 15) is 4.79 Å². The first-order chi connectivity index (χ1) is 13.7. The molecule has 3 aromatic rings. The van der Waals surface area contributed by atoms with E-state index in [-0.39, 0.29) is 5.91 Å². The first kappa shape index (κ1) is 18.2. The molecule has 140 valence electrons. The highest BCUT2D eigenvalue weighted by Gasteiger charge is 2.24. The van der Waals surface area contributed by atoms with E-state index in [0.717, 1.165) is 30.0 Å². The van der Waals surface area contributed by atoms with Gasteiger partial charge in [-0.1, -0.05) is 48.5 Å². The largest absolute Gasteiger partial charge is 0.489 e. The number of hydrogen-bond acceptors (Lipinski definition) is 3. The Labute approximate surface area is 169 Å². The van der Waals surface area contributed by atoms with Crippen LogP contribution in [0.25, 0.3) is 0 Å². The highest BCUT2D eigenvalue weighted by atomic mass is 32.1. The Kier molecular flexibility index (Phi) is 5.35. The van der Waals surface area contributed by atoms with Gasteiger partial charge in [-0.2, -0.15) is 0 Å². The van der Waals surface area contributed by atoms with E-state index < -0.39 is 0 Å². The number of amides is 1. The Morgan fingerprint density at radius 2 is 1.71 bits per heavy atom. The molecule has 28 heavy (non-hydrogen) atoms. The average Bonchev–Trinajstić information content (AvgIpc) is 3.17. The summed E-state index contributed by atoms with van der Waals surface area (Å²) in [7, 11) is 0. The number of ether oxygens (including phenoxy) is 1. The summed E-state index contributed by atoms with van der Waals surface area (Å²) >= 11 is 5.48. The fourth-order valence-electron chi connectivity index (χ4n) is 3.25. The molecule has 4 nitrogen and oxygen atoms in total. The second-order valence-electron chi connectivity index (χ2n) is 6.59. The van der Waals surface area contributed by atoms with Crippen molar-refractivity contribution in [1.29, 1.82) is 0 Å². The molecule has 0 aliphatic carbocycles. The summed E-state index contributed by atoms with van der Waals surface area (Å²) in [5.74, 6) is 0.644. The van der Waals surface area contributed by atoms with Gasteiger partial charge < -0.3 is 9.64 Å². The molecule has 0 saturated heterocycles. The van der Waals surface area contributed by atoms with Crippen molar-refractivity contribution in [1.82, 2.24) is 5.32 Å². The highest BCUT2D eigenvalue weighted by Crippen LogP contribution is 2.31. The number of nitrogens with zero attached hydrogens (tertiary/aromatic N) is 1. The van der Waals surface area contributed by atoms with Crippen LogP contribution in [0.15, 0.2) is 78.9 Å². The number of anilines is 1. The number of carbonyl (C=O) groups excluding carboxylic acids is 1.